The van der Waals surface area contributed by atoms with Gasteiger partial charge in [-0.3, -0.25) is 0 Å². The zero-order valence-electron chi connectivity index (χ0n) is 11.9. The summed E-state index contributed by atoms with van der Waals surface area (Å²) in [5.74, 6) is 0.692. The van der Waals surface area contributed by atoms with Gasteiger partial charge < -0.3 is 5.11 Å². The highest BCUT2D eigenvalue weighted by Crippen LogP contribution is 2.28. The van der Waals surface area contributed by atoms with Crippen LogP contribution in [0.25, 0.3) is 0 Å². The van der Waals surface area contributed by atoms with Crippen LogP contribution >= 0.6 is 0 Å². The number of nitrogens with one attached hydrogen (secondary N) is 1. The van der Waals surface area contributed by atoms with E-state index in [4.69, 9.17) is 0 Å². The fraction of sp³-hybridized carbons (Fsp3) is 1.00. The molecular formula is C13H27NO3S. The summed E-state index contributed by atoms with van der Waals surface area (Å²) in [7, 11) is -3.20. The fourth-order valence-corrected chi connectivity index (χ4v) is 4.00. The van der Waals surface area contributed by atoms with Crippen molar-refractivity contribution in [3.05, 3.63) is 0 Å². The Balaban J connectivity index is 2.47. The minimum absolute atomic E-state index is 0.121. The summed E-state index contributed by atoms with van der Waals surface area (Å²) in [6, 6.07) is 0. The van der Waals surface area contributed by atoms with Crippen molar-refractivity contribution < 1.29 is 13.5 Å². The van der Waals surface area contributed by atoms with Crippen LogP contribution in [0, 0.1) is 17.3 Å². The third-order valence-electron chi connectivity index (χ3n) is 3.86. The first-order chi connectivity index (χ1) is 8.14. The monoisotopic (exact) mass is 277 g/mol. The molecular weight excluding hydrogens is 250 g/mol. The van der Waals surface area contributed by atoms with E-state index in [9.17, 15) is 13.5 Å². The van der Waals surface area contributed by atoms with Crippen molar-refractivity contribution in [1.82, 2.24) is 4.72 Å². The fourth-order valence-electron chi connectivity index (χ4n) is 2.33. The number of rotatable bonds is 7. The van der Waals surface area contributed by atoms with E-state index in [1.165, 1.54) is 0 Å². The third kappa shape index (κ3) is 4.52. The second-order valence-electron chi connectivity index (χ2n) is 6.58. The highest BCUT2D eigenvalue weighted by molar-refractivity contribution is 7.89. The standard InChI is InChI=1S/C13H27NO3S/c1-10(2)12(15)13(3,4)9-14-18(16,17)8-11-6-5-7-11/h10-12,14-15H,5-9H2,1-4H3. The summed E-state index contributed by atoms with van der Waals surface area (Å²) in [6.07, 6.45) is 2.69. The average molecular weight is 277 g/mol. The summed E-state index contributed by atoms with van der Waals surface area (Å²) < 4.78 is 26.4. The van der Waals surface area contributed by atoms with Gasteiger partial charge in [-0.15, -0.1) is 0 Å². The Kier molecular flexibility index (Phi) is 5.21. The van der Waals surface area contributed by atoms with Gasteiger partial charge in [-0.2, -0.15) is 0 Å². The average Bonchev–Trinajstić information content (AvgIpc) is 2.20. The SMILES string of the molecule is CC(C)C(O)C(C)(C)CNS(=O)(=O)CC1CCC1. The van der Waals surface area contributed by atoms with E-state index >= 15 is 0 Å². The molecule has 0 radical (unpaired) electrons. The predicted octanol–water partition coefficient (Wildman–Crippen LogP) is 1.75. The Labute approximate surface area is 111 Å². The number of aliphatic hydroxyl groups excluding tert-OH is 1. The van der Waals surface area contributed by atoms with Gasteiger partial charge in [0, 0.05) is 12.0 Å². The molecule has 1 unspecified atom stereocenters. The lowest BCUT2D eigenvalue weighted by Crippen LogP contribution is -2.44. The molecule has 0 aromatic rings. The highest BCUT2D eigenvalue weighted by atomic mass is 32.2. The van der Waals surface area contributed by atoms with Crippen LogP contribution in [-0.2, 0) is 10.0 Å². The van der Waals surface area contributed by atoms with Crippen LogP contribution in [0.15, 0.2) is 0 Å². The Morgan fingerprint density at radius 2 is 1.89 bits per heavy atom. The summed E-state index contributed by atoms with van der Waals surface area (Å²) in [5, 5.41) is 10.1. The second kappa shape index (κ2) is 5.88. The van der Waals surface area contributed by atoms with Gasteiger partial charge in [-0.05, 0) is 24.7 Å². The zero-order valence-corrected chi connectivity index (χ0v) is 12.8. The van der Waals surface area contributed by atoms with E-state index in [0.29, 0.717) is 12.5 Å². The van der Waals surface area contributed by atoms with E-state index in [-0.39, 0.29) is 11.7 Å². The van der Waals surface area contributed by atoms with Crippen molar-refractivity contribution >= 4 is 10.0 Å². The quantitative estimate of drug-likeness (QED) is 0.745. The smallest absolute Gasteiger partial charge is 0.211 e. The van der Waals surface area contributed by atoms with Crippen LogP contribution in [0.1, 0.15) is 47.0 Å². The molecule has 0 spiro atoms. The minimum Gasteiger partial charge on any atom is -0.392 e. The summed E-state index contributed by atoms with van der Waals surface area (Å²) in [4.78, 5) is 0. The van der Waals surface area contributed by atoms with Crippen molar-refractivity contribution in [2.75, 3.05) is 12.3 Å². The minimum atomic E-state index is -3.20. The van der Waals surface area contributed by atoms with E-state index in [0.717, 1.165) is 19.3 Å². The predicted molar refractivity (Wildman–Crippen MR) is 73.8 cm³/mol. The van der Waals surface area contributed by atoms with E-state index in [2.05, 4.69) is 4.72 Å². The first-order valence-corrected chi connectivity index (χ1v) is 8.45. The molecule has 18 heavy (non-hydrogen) atoms. The molecule has 1 rings (SSSR count). The molecule has 1 fully saturated rings. The van der Waals surface area contributed by atoms with E-state index in [1.54, 1.807) is 0 Å². The van der Waals surface area contributed by atoms with Crippen molar-refractivity contribution in [1.29, 1.82) is 0 Å². The normalized spacial score (nSPS) is 19.9. The van der Waals surface area contributed by atoms with E-state index in [1.807, 2.05) is 27.7 Å². The summed E-state index contributed by atoms with van der Waals surface area (Å²) in [6.45, 7) is 7.96. The van der Waals surface area contributed by atoms with Crippen molar-refractivity contribution in [3.8, 4) is 0 Å². The van der Waals surface area contributed by atoms with Gasteiger partial charge in [-0.25, -0.2) is 13.1 Å². The van der Waals surface area contributed by atoms with Gasteiger partial charge in [0.15, 0.2) is 0 Å². The summed E-state index contributed by atoms with van der Waals surface area (Å²) in [5.41, 5.74) is -0.444. The lowest BCUT2D eigenvalue weighted by molar-refractivity contribution is 0.0166. The molecule has 0 aromatic heterocycles. The Bertz CT molecular complexity index is 358. The van der Waals surface area contributed by atoms with Gasteiger partial charge in [0.25, 0.3) is 0 Å². The number of hydrogen-bond acceptors (Lipinski definition) is 3. The van der Waals surface area contributed by atoms with Crippen LogP contribution in [0.2, 0.25) is 0 Å². The molecule has 4 nitrogen and oxygen atoms in total. The highest BCUT2D eigenvalue weighted by Gasteiger charge is 2.32. The van der Waals surface area contributed by atoms with Gasteiger partial charge in [-0.1, -0.05) is 34.1 Å². The van der Waals surface area contributed by atoms with Gasteiger partial charge in [0.05, 0.1) is 11.9 Å². The van der Waals surface area contributed by atoms with Crippen molar-refractivity contribution in [2.24, 2.45) is 17.3 Å². The maximum absolute atomic E-state index is 11.9. The molecule has 1 saturated carbocycles. The topological polar surface area (TPSA) is 66.4 Å². The first kappa shape index (κ1) is 15.9. The van der Waals surface area contributed by atoms with Gasteiger partial charge >= 0.3 is 0 Å². The maximum atomic E-state index is 11.9. The first-order valence-electron chi connectivity index (χ1n) is 6.79. The molecule has 108 valence electrons. The molecule has 1 aliphatic carbocycles. The maximum Gasteiger partial charge on any atom is 0.211 e. The molecule has 5 heteroatoms. The zero-order chi connectivity index (χ0) is 14.0. The molecule has 0 heterocycles. The van der Waals surface area contributed by atoms with Crippen LogP contribution in [-0.4, -0.2) is 31.9 Å². The number of hydrogen-bond donors (Lipinski definition) is 2. The molecule has 0 bridgehead atoms. The largest absolute Gasteiger partial charge is 0.392 e. The lowest BCUT2D eigenvalue weighted by atomic mass is 9.81. The Hall–Kier alpha value is -0.130. The van der Waals surface area contributed by atoms with Crippen LogP contribution in [0.5, 0.6) is 0 Å². The Morgan fingerprint density at radius 1 is 1.33 bits per heavy atom. The second-order valence-corrected chi connectivity index (χ2v) is 8.43. The van der Waals surface area contributed by atoms with Gasteiger partial charge in [0.1, 0.15) is 0 Å². The van der Waals surface area contributed by atoms with Crippen molar-refractivity contribution in [3.63, 3.8) is 0 Å². The number of sulfonamides is 1. The molecule has 1 atom stereocenters. The van der Waals surface area contributed by atoms with Gasteiger partial charge in [0.2, 0.25) is 10.0 Å². The van der Waals surface area contributed by atoms with Crippen LogP contribution < -0.4 is 4.72 Å². The van der Waals surface area contributed by atoms with E-state index < -0.39 is 21.5 Å². The molecule has 0 aliphatic heterocycles. The molecule has 0 saturated heterocycles. The van der Waals surface area contributed by atoms with Crippen LogP contribution in [0.4, 0.5) is 0 Å². The summed E-state index contributed by atoms with van der Waals surface area (Å²) >= 11 is 0. The third-order valence-corrected chi connectivity index (χ3v) is 5.35. The molecule has 0 amide bonds. The Morgan fingerprint density at radius 3 is 2.28 bits per heavy atom. The lowest BCUT2D eigenvalue weighted by Gasteiger charge is -2.33. The molecule has 0 aromatic carbocycles. The molecule has 2 N–H and O–H groups in total. The number of aliphatic hydroxyl groups is 1. The van der Waals surface area contributed by atoms with Crippen molar-refractivity contribution in [2.45, 2.75) is 53.1 Å². The molecule has 1 aliphatic rings. The van der Waals surface area contributed by atoms with Crippen LogP contribution in [0.3, 0.4) is 0 Å².